The van der Waals surface area contributed by atoms with Gasteiger partial charge < -0.3 is 5.40 Å². The summed E-state index contributed by atoms with van der Waals surface area (Å²) in [7, 11) is -1.13. The summed E-state index contributed by atoms with van der Waals surface area (Å²) in [6.07, 6.45) is 0. The second-order valence-corrected chi connectivity index (χ2v) is 7.03. The van der Waals surface area contributed by atoms with Crippen LogP contribution in [0.15, 0.2) is 0 Å². The van der Waals surface area contributed by atoms with Crippen LogP contribution in [0, 0.1) is 0 Å². The maximum atomic E-state index is 5.67. The van der Waals surface area contributed by atoms with Crippen molar-refractivity contribution >= 4 is 8.24 Å². The van der Waals surface area contributed by atoms with Crippen LogP contribution in [0.4, 0.5) is 0 Å². The van der Waals surface area contributed by atoms with Gasteiger partial charge in [-0.3, -0.25) is 0 Å². The highest BCUT2D eigenvalue weighted by Crippen LogP contribution is 1.95. The van der Waals surface area contributed by atoms with E-state index in [0.29, 0.717) is 0 Å². The van der Waals surface area contributed by atoms with Crippen LogP contribution < -0.4 is 5.40 Å². The first-order valence-electron chi connectivity index (χ1n) is 2.35. The number of nitrogens with two attached hydrogens (primary N) is 1. The highest BCUT2D eigenvalue weighted by Gasteiger charge is 2.07. The van der Waals surface area contributed by atoms with E-state index in [1.807, 2.05) is 0 Å². The van der Waals surface area contributed by atoms with Crippen LogP contribution in [-0.2, 0) is 0 Å². The van der Waals surface area contributed by atoms with E-state index >= 15 is 0 Å². The molecule has 0 aromatic heterocycles. The topological polar surface area (TPSA) is 26.0 Å². The summed E-state index contributed by atoms with van der Waals surface area (Å²) >= 11 is 0. The fraction of sp³-hybridized carbons (Fsp3) is 1.00. The Kier molecular flexibility index (Phi) is 1.81. The minimum absolute atomic E-state index is 1.13. The van der Waals surface area contributed by atoms with Crippen molar-refractivity contribution in [3.05, 3.63) is 0 Å². The SMILES string of the molecule is CC[Si](C)(C)N. The maximum absolute atomic E-state index is 5.67. The molecule has 0 heterocycles. The molecule has 0 rings (SSSR count). The van der Waals surface area contributed by atoms with Crippen LogP contribution in [0.25, 0.3) is 0 Å². The van der Waals surface area contributed by atoms with Crippen LogP contribution in [0.2, 0.25) is 19.1 Å². The summed E-state index contributed by atoms with van der Waals surface area (Å²) in [5.41, 5.74) is 0. The molecule has 0 aromatic rings. The third kappa shape index (κ3) is 4.18. The molecule has 0 aliphatic heterocycles. The van der Waals surface area contributed by atoms with Crippen molar-refractivity contribution in [2.24, 2.45) is 5.40 Å². The lowest BCUT2D eigenvalue weighted by Gasteiger charge is -2.09. The van der Waals surface area contributed by atoms with Gasteiger partial charge >= 0.3 is 0 Å². The summed E-state index contributed by atoms with van der Waals surface area (Å²) in [4.78, 5) is 0. The molecule has 0 amide bonds. The Morgan fingerprint density at radius 2 is 1.67 bits per heavy atom. The van der Waals surface area contributed by atoms with Gasteiger partial charge in [0.2, 0.25) is 0 Å². The summed E-state index contributed by atoms with van der Waals surface area (Å²) in [6.45, 7) is 6.46. The van der Waals surface area contributed by atoms with E-state index in [9.17, 15) is 0 Å². The summed E-state index contributed by atoms with van der Waals surface area (Å²) < 4.78 is 0. The zero-order valence-electron chi connectivity index (χ0n) is 4.78. The number of rotatable bonds is 1. The van der Waals surface area contributed by atoms with Gasteiger partial charge in [0.15, 0.2) is 0 Å². The second kappa shape index (κ2) is 1.75. The molecule has 0 saturated carbocycles. The average Bonchev–Trinajstić information content (AvgIpc) is 1.35. The molecule has 38 valence electrons. The Hall–Kier alpha value is 0.177. The van der Waals surface area contributed by atoms with Crippen molar-refractivity contribution in [2.75, 3.05) is 0 Å². The van der Waals surface area contributed by atoms with Gasteiger partial charge in [-0.15, -0.1) is 0 Å². The molecule has 0 unspecified atom stereocenters. The van der Waals surface area contributed by atoms with Crippen molar-refractivity contribution in [1.29, 1.82) is 0 Å². The Bertz CT molecular complexity index is 37.3. The third-order valence-electron chi connectivity index (χ3n) is 0.911. The maximum Gasteiger partial charge on any atom is 0.116 e. The van der Waals surface area contributed by atoms with Crippen LogP contribution in [-0.4, -0.2) is 8.24 Å². The molecule has 0 spiro atoms. The predicted molar refractivity (Wildman–Crippen MR) is 32.2 cm³/mol. The normalized spacial score (nSPS) is 12.0. The van der Waals surface area contributed by atoms with E-state index in [4.69, 9.17) is 5.40 Å². The largest absolute Gasteiger partial charge is 0.351 e. The van der Waals surface area contributed by atoms with E-state index in [1.165, 1.54) is 6.04 Å². The fourth-order valence-electron chi connectivity index (χ4n) is 0. The molecule has 0 aromatic carbocycles. The molecule has 1 nitrogen and oxygen atoms in total. The minimum atomic E-state index is -1.13. The minimum Gasteiger partial charge on any atom is -0.351 e. The molecule has 2 N–H and O–H groups in total. The first-order valence-corrected chi connectivity index (χ1v) is 5.63. The van der Waals surface area contributed by atoms with Crippen molar-refractivity contribution < 1.29 is 0 Å². The van der Waals surface area contributed by atoms with E-state index in [0.717, 1.165) is 0 Å². The van der Waals surface area contributed by atoms with Crippen molar-refractivity contribution in [2.45, 2.75) is 26.1 Å². The van der Waals surface area contributed by atoms with Gasteiger partial charge in [-0.25, -0.2) is 0 Å². The van der Waals surface area contributed by atoms with Gasteiger partial charge in [0, 0.05) is 0 Å². The highest BCUT2D eigenvalue weighted by atomic mass is 28.3. The molecule has 0 atom stereocenters. The third-order valence-corrected chi connectivity index (χ3v) is 2.73. The first-order chi connectivity index (χ1) is 2.56. The second-order valence-electron chi connectivity index (χ2n) is 2.34. The average molecular weight is 103 g/mol. The van der Waals surface area contributed by atoms with Crippen molar-refractivity contribution in [1.82, 2.24) is 0 Å². The van der Waals surface area contributed by atoms with E-state index in [1.54, 1.807) is 0 Å². The van der Waals surface area contributed by atoms with Gasteiger partial charge in [-0.2, -0.15) is 0 Å². The molecule has 0 fully saturated rings. The zero-order valence-corrected chi connectivity index (χ0v) is 5.78. The first kappa shape index (κ1) is 6.18. The molecule has 0 bridgehead atoms. The molecular formula is C4H13NSi. The van der Waals surface area contributed by atoms with Gasteiger partial charge in [0.25, 0.3) is 0 Å². The summed E-state index contributed by atoms with van der Waals surface area (Å²) in [6, 6.07) is 1.19. The molecule has 0 aliphatic rings. The highest BCUT2D eigenvalue weighted by molar-refractivity contribution is 6.74. The van der Waals surface area contributed by atoms with E-state index in [-0.39, 0.29) is 0 Å². The Morgan fingerprint density at radius 1 is 1.50 bits per heavy atom. The smallest absolute Gasteiger partial charge is 0.116 e. The fourth-order valence-corrected chi connectivity index (χ4v) is 0. The molecule has 0 aliphatic carbocycles. The van der Waals surface area contributed by atoms with Gasteiger partial charge in [0.05, 0.1) is 0 Å². The molecule has 0 saturated heterocycles. The number of hydrogen-bond donors (Lipinski definition) is 1. The lowest BCUT2D eigenvalue weighted by atomic mass is 11.0. The Labute approximate surface area is 40.6 Å². The standard InChI is InChI=1S/C4H13NSi/c1-4-6(2,3)5/h4-5H2,1-3H3. The molecule has 6 heavy (non-hydrogen) atoms. The quantitative estimate of drug-likeness (QED) is 0.495. The Balaban J connectivity index is 3.17. The van der Waals surface area contributed by atoms with Crippen LogP contribution in [0.1, 0.15) is 6.92 Å². The molecule has 2 heteroatoms. The van der Waals surface area contributed by atoms with Gasteiger partial charge in [-0.05, 0) is 6.04 Å². The summed E-state index contributed by atoms with van der Waals surface area (Å²) in [5, 5.41) is 5.67. The van der Waals surface area contributed by atoms with Crippen molar-refractivity contribution in [3.8, 4) is 0 Å². The van der Waals surface area contributed by atoms with Gasteiger partial charge in [-0.1, -0.05) is 20.0 Å². The Morgan fingerprint density at radius 3 is 1.67 bits per heavy atom. The van der Waals surface area contributed by atoms with Crippen LogP contribution >= 0.6 is 0 Å². The number of hydrogen-bond acceptors (Lipinski definition) is 1. The van der Waals surface area contributed by atoms with Crippen molar-refractivity contribution in [3.63, 3.8) is 0 Å². The molecular weight excluding hydrogens is 90.1 g/mol. The van der Waals surface area contributed by atoms with E-state index in [2.05, 4.69) is 20.0 Å². The van der Waals surface area contributed by atoms with Crippen LogP contribution in [0.5, 0.6) is 0 Å². The predicted octanol–water partition coefficient (Wildman–Crippen LogP) is 1.17. The van der Waals surface area contributed by atoms with Gasteiger partial charge in [0.1, 0.15) is 8.24 Å². The lowest BCUT2D eigenvalue weighted by molar-refractivity contribution is 1.32. The van der Waals surface area contributed by atoms with Crippen LogP contribution in [0.3, 0.4) is 0 Å². The lowest BCUT2D eigenvalue weighted by Crippen LogP contribution is -2.36. The zero-order chi connectivity index (χ0) is 5.21. The van der Waals surface area contributed by atoms with E-state index < -0.39 is 8.24 Å². The molecule has 0 radical (unpaired) electrons. The monoisotopic (exact) mass is 103 g/mol. The summed E-state index contributed by atoms with van der Waals surface area (Å²) in [5.74, 6) is 0.